The fraction of sp³-hybridized carbons (Fsp3) is 0.286. The number of rotatable bonds is 3. The number of fused-ring (bicyclic) bond motifs is 5. The Morgan fingerprint density at radius 3 is 2.69 bits per heavy atom. The van der Waals surface area contributed by atoms with E-state index in [4.69, 9.17) is 21.1 Å². The van der Waals surface area contributed by atoms with Gasteiger partial charge >= 0.3 is 0 Å². The maximum absolute atomic E-state index is 14.5. The summed E-state index contributed by atoms with van der Waals surface area (Å²) in [5.74, 6) is 0.220. The molecule has 0 aromatic heterocycles. The molecule has 7 rings (SSSR count). The highest BCUT2D eigenvalue weighted by Gasteiger charge is 2.69. The lowest BCUT2D eigenvalue weighted by Gasteiger charge is -2.36. The number of benzene rings is 3. The van der Waals surface area contributed by atoms with Crippen molar-refractivity contribution in [2.45, 2.75) is 30.3 Å². The topological polar surface area (TPSA) is 67.9 Å². The number of halogens is 1. The molecule has 0 bridgehead atoms. The summed E-state index contributed by atoms with van der Waals surface area (Å²) in [5.41, 5.74) is 2.14. The van der Waals surface area contributed by atoms with Crippen molar-refractivity contribution in [3.63, 3.8) is 0 Å². The van der Waals surface area contributed by atoms with Crippen LogP contribution in [0.3, 0.4) is 0 Å². The maximum Gasteiger partial charge on any atom is 0.250 e. The third-order valence-electron chi connectivity index (χ3n) is 8.10. The number of hydrogen-bond acceptors (Lipinski definition) is 5. The van der Waals surface area contributed by atoms with Crippen LogP contribution in [0.5, 0.6) is 11.5 Å². The molecule has 4 aliphatic rings. The Bertz CT molecular complexity index is 1370. The Morgan fingerprint density at radius 2 is 1.83 bits per heavy atom. The lowest BCUT2D eigenvalue weighted by Crippen LogP contribution is -2.52. The number of nitrogens with one attached hydrogen (secondary N) is 1. The minimum atomic E-state index is -1.07. The second-order valence-electron chi connectivity index (χ2n) is 9.66. The lowest BCUT2D eigenvalue weighted by molar-refractivity contribution is -0.127. The van der Waals surface area contributed by atoms with Crippen LogP contribution in [-0.2, 0) is 10.3 Å². The van der Waals surface area contributed by atoms with E-state index in [1.54, 1.807) is 18.2 Å². The van der Waals surface area contributed by atoms with Crippen molar-refractivity contribution >= 4 is 29.0 Å². The van der Waals surface area contributed by atoms with Crippen LogP contribution in [0.25, 0.3) is 0 Å². The van der Waals surface area contributed by atoms with Crippen molar-refractivity contribution < 1.29 is 19.1 Å². The van der Waals surface area contributed by atoms with E-state index in [-0.39, 0.29) is 30.4 Å². The molecular formula is C28H23ClN2O4. The van der Waals surface area contributed by atoms with Gasteiger partial charge in [0.15, 0.2) is 17.3 Å². The molecule has 2 saturated heterocycles. The second-order valence-corrected chi connectivity index (χ2v) is 10.1. The van der Waals surface area contributed by atoms with E-state index >= 15 is 0 Å². The second kappa shape index (κ2) is 7.57. The van der Waals surface area contributed by atoms with Gasteiger partial charge in [-0.1, -0.05) is 41.9 Å². The van der Waals surface area contributed by atoms with E-state index in [1.165, 1.54) is 0 Å². The van der Waals surface area contributed by atoms with Gasteiger partial charge < -0.3 is 14.8 Å². The maximum atomic E-state index is 14.5. The predicted molar refractivity (Wildman–Crippen MR) is 131 cm³/mol. The van der Waals surface area contributed by atoms with Gasteiger partial charge in [0.05, 0.1) is 5.92 Å². The summed E-state index contributed by atoms with van der Waals surface area (Å²) >= 11 is 6.22. The predicted octanol–water partition coefficient (Wildman–Crippen LogP) is 4.98. The van der Waals surface area contributed by atoms with Crippen molar-refractivity contribution in [1.82, 2.24) is 4.90 Å². The molecule has 1 amide bonds. The molecule has 0 radical (unpaired) electrons. The Labute approximate surface area is 207 Å². The molecule has 3 aromatic rings. The third kappa shape index (κ3) is 2.81. The Morgan fingerprint density at radius 1 is 1.03 bits per heavy atom. The summed E-state index contributed by atoms with van der Waals surface area (Å²) in [6.07, 6.45) is 1.91. The van der Waals surface area contributed by atoms with E-state index in [2.05, 4.69) is 10.2 Å². The summed E-state index contributed by atoms with van der Waals surface area (Å²) in [6, 6.07) is 20.9. The van der Waals surface area contributed by atoms with Crippen molar-refractivity contribution in [1.29, 1.82) is 0 Å². The Balaban J connectivity index is 1.46. The number of para-hydroxylation sites is 1. The zero-order valence-corrected chi connectivity index (χ0v) is 19.6. The van der Waals surface area contributed by atoms with Crippen LogP contribution in [-0.4, -0.2) is 36.0 Å². The summed E-state index contributed by atoms with van der Waals surface area (Å²) in [7, 11) is 0. The number of Topliss-reactive ketones (excluding diaryl/α,β-unsaturated/α-hetero) is 1. The molecule has 176 valence electrons. The Hall–Kier alpha value is -3.35. The van der Waals surface area contributed by atoms with Crippen LogP contribution in [0.4, 0.5) is 5.69 Å². The van der Waals surface area contributed by atoms with E-state index in [0.717, 1.165) is 36.2 Å². The van der Waals surface area contributed by atoms with Gasteiger partial charge in [-0.3, -0.25) is 14.5 Å². The number of ether oxygens (including phenoxy) is 2. The molecule has 4 atom stereocenters. The quantitative estimate of drug-likeness (QED) is 0.529. The summed E-state index contributed by atoms with van der Waals surface area (Å²) < 4.78 is 11.0. The number of carbonyl (C=O) groups is 2. The zero-order chi connectivity index (χ0) is 23.7. The van der Waals surface area contributed by atoms with Gasteiger partial charge in [0.2, 0.25) is 12.7 Å². The third-order valence-corrected chi connectivity index (χ3v) is 8.35. The average molecular weight is 487 g/mol. The molecule has 7 heteroatoms. The first kappa shape index (κ1) is 21.0. The number of carbonyl (C=O) groups excluding carboxylic acids is 2. The number of nitrogens with zero attached hydrogens (tertiary/aromatic N) is 1. The standard InChI is InChI=1S/C28H23ClN2O4/c29-18-10-7-16(8-11-18)24-21-6-3-13-31(21)28(19-4-1-2-5-20(19)30-27(28)33)25(24)26(32)17-9-12-22-23(14-17)35-15-34-22/h1-2,4-5,7-12,14,21,24-25H,3,6,13,15H2,(H,30,33)/t21-,24-,25+,28+/m1/s1. The molecule has 3 aromatic carbocycles. The minimum Gasteiger partial charge on any atom is -0.454 e. The van der Waals surface area contributed by atoms with Crippen molar-refractivity contribution in [2.75, 3.05) is 18.7 Å². The van der Waals surface area contributed by atoms with Crippen LogP contribution < -0.4 is 14.8 Å². The van der Waals surface area contributed by atoms with Crippen LogP contribution in [0, 0.1) is 5.92 Å². The van der Waals surface area contributed by atoms with Gasteiger partial charge in [0.25, 0.3) is 0 Å². The van der Waals surface area contributed by atoms with Gasteiger partial charge in [-0.15, -0.1) is 0 Å². The lowest BCUT2D eigenvalue weighted by atomic mass is 9.69. The van der Waals surface area contributed by atoms with Crippen molar-refractivity contribution in [3.05, 3.63) is 88.4 Å². The van der Waals surface area contributed by atoms with Gasteiger partial charge in [-0.2, -0.15) is 0 Å². The first-order valence-electron chi connectivity index (χ1n) is 12.0. The molecule has 0 unspecified atom stereocenters. The van der Waals surface area contributed by atoms with Crippen LogP contribution >= 0.6 is 11.6 Å². The smallest absolute Gasteiger partial charge is 0.250 e. The van der Waals surface area contributed by atoms with Crippen LogP contribution in [0.2, 0.25) is 5.02 Å². The summed E-state index contributed by atoms with van der Waals surface area (Å²) in [4.78, 5) is 30.8. The van der Waals surface area contributed by atoms with Gasteiger partial charge in [-0.25, -0.2) is 0 Å². The molecular weight excluding hydrogens is 464 g/mol. The molecule has 6 nitrogen and oxygen atoms in total. The van der Waals surface area contributed by atoms with Crippen molar-refractivity contribution in [3.8, 4) is 11.5 Å². The van der Waals surface area contributed by atoms with E-state index < -0.39 is 11.5 Å². The SMILES string of the molecule is O=C(c1ccc2c(c1)OCO2)[C@@H]1[C@H](c2ccc(Cl)cc2)[C@H]2CCCN2[C@]12C(=O)Nc1ccccc12. The largest absolute Gasteiger partial charge is 0.454 e. The molecule has 1 spiro atoms. The first-order valence-corrected chi connectivity index (χ1v) is 12.3. The van der Waals surface area contributed by atoms with E-state index in [9.17, 15) is 9.59 Å². The normalized spacial score (nSPS) is 28.3. The molecule has 4 aliphatic heterocycles. The summed E-state index contributed by atoms with van der Waals surface area (Å²) in [6.45, 7) is 0.904. The molecule has 0 aliphatic carbocycles. The highest BCUT2D eigenvalue weighted by atomic mass is 35.5. The molecule has 2 fully saturated rings. The Kier molecular flexibility index (Phi) is 4.54. The molecule has 4 heterocycles. The minimum absolute atomic E-state index is 0.0653. The number of amides is 1. The number of hydrogen-bond donors (Lipinski definition) is 1. The first-order chi connectivity index (χ1) is 17.1. The fourth-order valence-corrected chi connectivity index (χ4v) is 6.93. The van der Waals surface area contributed by atoms with Gasteiger partial charge in [0, 0.05) is 33.8 Å². The average Bonchev–Trinajstić information content (AvgIpc) is 3.63. The van der Waals surface area contributed by atoms with Crippen LogP contribution in [0.1, 0.15) is 40.2 Å². The van der Waals surface area contributed by atoms with E-state index in [0.29, 0.717) is 22.1 Å². The molecule has 1 N–H and O–H groups in total. The van der Waals surface area contributed by atoms with Gasteiger partial charge in [0.1, 0.15) is 5.54 Å². The highest BCUT2D eigenvalue weighted by Crippen LogP contribution is 2.61. The van der Waals surface area contributed by atoms with Gasteiger partial charge in [-0.05, 0) is 61.3 Å². The van der Waals surface area contributed by atoms with Crippen LogP contribution in [0.15, 0.2) is 66.7 Å². The monoisotopic (exact) mass is 486 g/mol. The zero-order valence-electron chi connectivity index (χ0n) is 18.9. The summed E-state index contributed by atoms with van der Waals surface area (Å²) in [5, 5.41) is 3.75. The number of anilines is 1. The molecule has 0 saturated carbocycles. The molecule has 35 heavy (non-hydrogen) atoms. The van der Waals surface area contributed by atoms with Crippen molar-refractivity contribution in [2.24, 2.45) is 5.92 Å². The highest BCUT2D eigenvalue weighted by molar-refractivity contribution is 6.30. The fourth-order valence-electron chi connectivity index (χ4n) is 6.80. The number of ketones is 1. The van der Waals surface area contributed by atoms with E-state index in [1.807, 2.05) is 48.5 Å².